The van der Waals surface area contributed by atoms with Gasteiger partial charge in [0.1, 0.15) is 6.42 Å². The van der Waals surface area contributed by atoms with E-state index in [9.17, 15) is 14.4 Å². The fraction of sp³-hybridized carbons (Fsp3) is 0.700. The van der Waals surface area contributed by atoms with E-state index < -0.39 is 5.97 Å². The molecule has 0 rings (SSSR count). The van der Waals surface area contributed by atoms with Crippen molar-refractivity contribution in [2.45, 2.75) is 31.9 Å². The Bertz CT molecular complexity index is 268. The molecule has 0 saturated heterocycles. The summed E-state index contributed by atoms with van der Waals surface area (Å²) in [5.74, 6) is -0.588. The van der Waals surface area contributed by atoms with Crippen LogP contribution in [0.25, 0.3) is 0 Å². The van der Waals surface area contributed by atoms with Gasteiger partial charge in [0.25, 0.3) is 0 Å². The molecule has 0 bridgehead atoms. The predicted octanol–water partition coefficient (Wildman–Crippen LogP) is 0.724. The van der Waals surface area contributed by atoms with Crippen LogP contribution in [0.1, 0.15) is 26.7 Å². The van der Waals surface area contributed by atoms with Gasteiger partial charge in [-0.3, -0.25) is 14.4 Å². The van der Waals surface area contributed by atoms with Crippen molar-refractivity contribution >= 4 is 28.8 Å². The van der Waals surface area contributed by atoms with E-state index in [4.69, 9.17) is 0 Å². The van der Waals surface area contributed by atoms with Crippen LogP contribution in [0.5, 0.6) is 0 Å². The second-order valence-electron chi connectivity index (χ2n) is 3.21. The molecular weight excluding hydrogens is 230 g/mol. The highest BCUT2D eigenvalue weighted by Gasteiger charge is 2.14. The second-order valence-corrected chi connectivity index (χ2v) is 4.71. The monoisotopic (exact) mass is 247 g/mol. The van der Waals surface area contributed by atoms with Gasteiger partial charge in [0, 0.05) is 18.2 Å². The second kappa shape index (κ2) is 8.15. The molecule has 1 N–H and O–H groups in total. The molecule has 0 aliphatic carbocycles. The Kier molecular flexibility index (Phi) is 7.62. The Morgan fingerprint density at radius 3 is 2.50 bits per heavy atom. The van der Waals surface area contributed by atoms with Crippen LogP contribution in [0.15, 0.2) is 0 Å². The van der Waals surface area contributed by atoms with Gasteiger partial charge in [0.05, 0.1) is 7.11 Å². The lowest BCUT2D eigenvalue weighted by molar-refractivity contribution is -0.142. The molecule has 6 heteroatoms. The quantitative estimate of drug-likeness (QED) is 0.553. The van der Waals surface area contributed by atoms with Gasteiger partial charge in [-0.15, -0.1) is 0 Å². The van der Waals surface area contributed by atoms with Crippen molar-refractivity contribution in [1.82, 2.24) is 5.32 Å². The van der Waals surface area contributed by atoms with Crippen LogP contribution in [0.2, 0.25) is 0 Å². The zero-order valence-electron chi connectivity index (χ0n) is 9.74. The van der Waals surface area contributed by atoms with Crippen LogP contribution in [0.3, 0.4) is 0 Å². The summed E-state index contributed by atoms with van der Waals surface area (Å²) in [6, 6.07) is 0. The predicted molar refractivity (Wildman–Crippen MR) is 62.0 cm³/mol. The first-order valence-corrected chi connectivity index (χ1v) is 5.90. The molecule has 1 atom stereocenters. The number of nitrogens with one attached hydrogen (secondary N) is 1. The van der Waals surface area contributed by atoms with Gasteiger partial charge in [-0.25, -0.2) is 0 Å². The summed E-state index contributed by atoms with van der Waals surface area (Å²) in [4.78, 5) is 33.0. The lowest BCUT2D eigenvalue weighted by atomic mass is 10.4. The largest absolute Gasteiger partial charge is 0.469 e. The molecule has 0 aromatic rings. The number of hydrogen-bond acceptors (Lipinski definition) is 5. The summed E-state index contributed by atoms with van der Waals surface area (Å²) in [5, 5.41) is 2.38. The minimum Gasteiger partial charge on any atom is -0.469 e. The van der Waals surface area contributed by atoms with Crippen LogP contribution < -0.4 is 5.32 Å². The summed E-state index contributed by atoms with van der Waals surface area (Å²) in [5.41, 5.74) is 0. The third kappa shape index (κ3) is 7.28. The smallest absolute Gasteiger partial charge is 0.313 e. The highest BCUT2D eigenvalue weighted by Crippen LogP contribution is 2.13. The third-order valence-corrected chi connectivity index (χ3v) is 2.73. The van der Waals surface area contributed by atoms with Gasteiger partial charge in [0.2, 0.25) is 5.91 Å². The van der Waals surface area contributed by atoms with E-state index in [1.54, 1.807) is 6.92 Å². The first-order chi connectivity index (χ1) is 7.49. The summed E-state index contributed by atoms with van der Waals surface area (Å²) < 4.78 is 4.38. The van der Waals surface area contributed by atoms with Gasteiger partial charge < -0.3 is 10.1 Å². The summed E-state index contributed by atoms with van der Waals surface area (Å²) >= 11 is 1.04. The molecule has 0 aliphatic heterocycles. The number of methoxy groups -OCH3 is 1. The van der Waals surface area contributed by atoms with Gasteiger partial charge in [-0.1, -0.05) is 25.6 Å². The molecule has 1 amide bonds. The van der Waals surface area contributed by atoms with Crippen molar-refractivity contribution in [1.29, 1.82) is 0 Å². The lowest BCUT2D eigenvalue weighted by Crippen LogP contribution is -2.29. The highest BCUT2D eigenvalue weighted by molar-refractivity contribution is 8.14. The topological polar surface area (TPSA) is 72.5 Å². The number of rotatable bonds is 6. The molecule has 0 spiro atoms. The fourth-order valence-corrected chi connectivity index (χ4v) is 1.70. The summed E-state index contributed by atoms with van der Waals surface area (Å²) in [6.07, 6.45) is 0.195. The number of carbonyl (C=O) groups is 3. The molecule has 0 heterocycles. The molecule has 0 saturated carbocycles. The zero-order valence-corrected chi connectivity index (χ0v) is 10.6. The zero-order chi connectivity index (χ0) is 12.6. The Morgan fingerprint density at radius 1 is 1.38 bits per heavy atom. The number of ether oxygens (including phenoxy) is 1. The Balaban J connectivity index is 3.78. The van der Waals surface area contributed by atoms with Crippen LogP contribution in [0, 0.1) is 0 Å². The average molecular weight is 247 g/mol. The molecule has 5 nitrogen and oxygen atoms in total. The van der Waals surface area contributed by atoms with Gasteiger partial charge in [0.15, 0.2) is 5.12 Å². The molecule has 0 radical (unpaired) electrons. The molecule has 1 unspecified atom stereocenters. The van der Waals surface area contributed by atoms with E-state index in [0.29, 0.717) is 13.0 Å². The Labute approximate surface area is 99.3 Å². The first kappa shape index (κ1) is 15.0. The molecular formula is C10H17NO4S. The SMILES string of the molecule is CCC(=O)NCC(C)SC(=O)CC(=O)OC. The Morgan fingerprint density at radius 2 is 2.00 bits per heavy atom. The minimum absolute atomic E-state index is 0.0483. The van der Waals surface area contributed by atoms with E-state index in [1.807, 2.05) is 6.92 Å². The van der Waals surface area contributed by atoms with E-state index >= 15 is 0 Å². The molecule has 0 fully saturated rings. The summed E-state index contributed by atoms with van der Waals surface area (Å²) in [7, 11) is 1.24. The van der Waals surface area contributed by atoms with Crippen molar-refractivity contribution in [3.8, 4) is 0 Å². The number of thioether (sulfide) groups is 1. The number of amides is 1. The van der Waals surface area contributed by atoms with Crippen molar-refractivity contribution in [3.63, 3.8) is 0 Å². The van der Waals surface area contributed by atoms with E-state index in [2.05, 4.69) is 10.1 Å². The molecule has 0 aliphatic rings. The first-order valence-electron chi connectivity index (χ1n) is 5.02. The fourth-order valence-electron chi connectivity index (χ4n) is 0.880. The number of esters is 1. The van der Waals surface area contributed by atoms with Crippen LogP contribution >= 0.6 is 11.8 Å². The average Bonchev–Trinajstić information content (AvgIpc) is 2.25. The highest BCUT2D eigenvalue weighted by atomic mass is 32.2. The van der Waals surface area contributed by atoms with Crippen molar-refractivity contribution in [2.75, 3.05) is 13.7 Å². The van der Waals surface area contributed by atoms with Gasteiger partial charge in [-0.05, 0) is 0 Å². The van der Waals surface area contributed by atoms with Crippen LogP contribution in [-0.4, -0.2) is 35.9 Å². The van der Waals surface area contributed by atoms with Gasteiger partial charge in [-0.2, -0.15) is 0 Å². The molecule has 0 aromatic carbocycles. The number of hydrogen-bond donors (Lipinski definition) is 1. The van der Waals surface area contributed by atoms with Crippen LogP contribution in [-0.2, 0) is 19.1 Å². The maximum Gasteiger partial charge on any atom is 0.313 e. The van der Waals surface area contributed by atoms with Crippen LogP contribution in [0.4, 0.5) is 0 Å². The van der Waals surface area contributed by atoms with Crippen molar-refractivity contribution < 1.29 is 19.1 Å². The normalized spacial score (nSPS) is 11.7. The van der Waals surface area contributed by atoms with E-state index in [1.165, 1.54) is 7.11 Å². The van der Waals surface area contributed by atoms with E-state index in [-0.39, 0.29) is 22.7 Å². The van der Waals surface area contributed by atoms with Crippen molar-refractivity contribution in [3.05, 3.63) is 0 Å². The summed E-state index contributed by atoms with van der Waals surface area (Å²) in [6.45, 7) is 4.00. The third-order valence-electron chi connectivity index (χ3n) is 1.76. The van der Waals surface area contributed by atoms with Crippen molar-refractivity contribution in [2.24, 2.45) is 0 Å². The molecule has 92 valence electrons. The molecule has 16 heavy (non-hydrogen) atoms. The maximum atomic E-state index is 11.3. The standard InChI is InChI=1S/C10H17NO4S/c1-4-8(12)11-6-7(2)16-10(14)5-9(13)15-3/h7H,4-6H2,1-3H3,(H,11,12). The molecule has 0 aromatic heterocycles. The van der Waals surface area contributed by atoms with Gasteiger partial charge >= 0.3 is 5.97 Å². The minimum atomic E-state index is -0.540. The van der Waals surface area contributed by atoms with E-state index in [0.717, 1.165) is 11.8 Å². The number of carbonyl (C=O) groups excluding carboxylic acids is 3. The lowest BCUT2D eigenvalue weighted by Gasteiger charge is -2.10. The Hall–Kier alpha value is -1.04. The maximum absolute atomic E-state index is 11.3.